The van der Waals surface area contributed by atoms with Gasteiger partial charge in [-0.3, -0.25) is 4.79 Å². The number of rotatable bonds is 3. The van der Waals surface area contributed by atoms with Crippen LogP contribution in [0.2, 0.25) is 0 Å². The first-order valence-corrected chi connectivity index (χ1v) is 7.55. The molecule has 2 atom stereocenters. The molecule has 1 aliphatic heterocycles. The molecular weight excluding hydrogens is 296 g/mol. The van der Waals surface area contributed by atoms with Gasteiger partial charge in [-0.25, -0.2) is 9.59 Å². The van der Waals surface area contributed by atoms with Crippen LogP contribution >= 0.6 is 0 Å². The first-order chi connectivity index (χ1) is 10.5. The molecule has 0 saturated carbocycles. The summed E-state index contributed by atoms with van der Waals surface area (Å²) in [6.07, 6.45) is 0.105. The number of ketones is 1. The lowest BCUT2D eigenvalue weighted by Gasteiger charge is -2.40. The van der Waals surface area contributed by atoms with Crippen LogP contribution in [0.3, 0.4) is 0 Å². The van der Waals surface area contributed by atoms with Crippen molar-refractivity contribution in [3.63, 3.8) is 0 Å². The number of benzene rings is 1. The van der Waals surface area contributed by atoms with Gasteiger partial charge < -0.3 is 9.47 Å². The first-order valence-electron chi connectivity index (χ1n) is 7.55. The second-order valence-corrected chi connectivity index (χ2v) is 7.37. The van der Waals surface area contributed by atoms with E-state index in [0.29, 0.717) is 5.56 Å². The minimum absolute atomic E-state index is 0.105. The second-order valence-electron chi connectivity index (χ2n) is 7.37. The number of cyclic esters (lactones) is 2. The molecule has 1 fully saturated rings. The van der Waals surface area contributed by atoms with Crippen molar-refractivity contribution in [1.29, 1.82) is 0 Å². The Balaban J connectivity index is 2.31. The fraction of sp³-hybridized carbons (Fsp3) is 0.500. The highest BCUT2D eigenvalue weighted by Gasteiger charge is 2.58. The average Bonchev–Trinajstić information content (AvgIpc) is 2.44. The zero-order valence-corrected chi connectivity index (χ0v) is 14.1. The molecule has 23 heavy (non-hydrogen) atoms. The molecule has 1 aromatic carbocycles. The summed E-state index contributed by atoms with van der Waals surface area (Å²) in [4.78, 5) is 37.4. The van der Waals surface area contributed by atoms with E-state index in [1.165, 1.54) is 13.8 Å². The Hall–Kier alpha value is -2.17. The molecule has 0 aromatic heterocycles. The molecule has 0 aliphatic carbocycles. The van der Waals surface area contributed by atoms with Gasteiger partial charge in [0.25, 0.3) is 5.60 Å². The maximum absolute atomic E-state index is 12.5. The van der Waals surface area contributed by atoms with E-state index in [4.69, 9.17) is 9.47 Å². The van der Waals surface area contributed by atoms with E-state index in [2.05, 4.69) is 0 Å². The number of carbonyl (C=O) groups is 3. The predicted molar refractivity (Wildman–Crippen MR) is 83.5 cm³/mol. The highest BCUT2D eigenvalue weighted by atomic mass is 16.7. The number of ether oxygens (including phenoxy) is 2. The third kappa shape index (κ3) is 3.14. The van der Waals surface area contributed by atoms with Gasteiger partial charge in [0.1, 0.15) is 0 Å². The third-order valence-electron chi connectivity index (χ3n) is 3.92. The molecule has 1 heterocycles. The lowest BCUT2D eigenvalue weighted by molar-refractivity contribution is -0.223. The summed E-state index contributed by atoms with van der Waals surface area (Å²) in [5.74, 6) is -2.04. The molecule has 1 saturated heterocycles. The zero-order chi connectivity index (χ0) is 17.5. The van der Waals surface area contributed by atoms with Gasteiger partial charge in [-0.2, -0.15) is 0 Å². The minimum Gasteiger partial charge on any atom is -0.439 e. The standard InChI is InChI=1S/C18H22O5/c1-16(2,3)11-13(19)18(5)15(21)22-17(4,14(20)23-18)12-9-7-6-8-10-12/h6-10H,11H2,1-5H3/t17-,18+/m0/s1. The van der Waals surface area contributed by atoms with Gasteiger partial charge >= 0.3 is 11.9 Å². The van der Waals surface area contributed by atoms with Crippen molar-refractivity contribution in [2.24, 2.45) is 5.41 Å². The van der Waals surface area contributed by atoms with Crippen molar-refractivity contribution >= 4 is 17.7 Å². The van der Waals surface area contributed by atoms with E-state index in [-0.39, 0.29) is 11.8 Å². The van der Waals surface area contributed by atoms with Crippen molar-refractivity contribution < 1.29 is 23.9 Å². The minimum atomic E-state index is -1.89. The monoisotopic (exact) mass is 318 g/mol. The molecule has 2 rings (SSSR count). The van der Waals surface area contributed by atoms with E-state index >= 15 is 0 Å². The van der Waals surface area contributed by atoms with Crippen molar-refractivity contribution in [3.8, 4) is 0 Å². The molecular formula is C18H22O5. The predicted octanol–water partition coefficient (Wildman–Crippen LogP) is 2.77. The van der Waals surface area contributed by atoms with Crippen molar-refractivity contribution in [2.45, 2.75) is 52.2 Å². The van der Waals surface area contributed by atoms with Crippen molar-refractivity contribution in [3.05, 3.63) is 35.9 Å². The molecule has 1 aliphatic rings. The molecule has 124 valence electrons. The molecule has 5 nitrogen and oxygen atoms in total. The van der Waals surface area contributed by atoms with Crippen LogP contribution in [0.15, 0.2) is 30.3 Å². The van der Waals surface area contributed by atoms with Crippen LogP contribution in [0.4, 0.5) is 0 Å². The Morgan fingerprint density at radius 2 is 1.57 bits per heavy atom. The Morgan fingerprint density at radius 3 is 2.09 bits per heavy atom. The number of esters is 2. The maximum atomic E-state index is 12.5. The van der Waals surface area contributed by atoms with Gasteiger partial charge in [-0.05, 0) is 19.3 Å². The quantitative estimate of drug-likeness (QED) is 0.633. The maximum Gasteiger partial charge on any atom is 0.359 e. The highest BCUT2D eigenvalue weighted by molar-refractivity contribution is 6.11. The lowest BCUT2D eigenvalue weighted by Crippen LogP contribution is -2.60. The van der Waals surface area contributed by atoms with E-state index in [0.717, 1.165) is 0 Å². The van der Waals surface area contributed by atoms with Crippen molar-refractivity contribution in [1.82, 2.24) is 0 Å². The summed E-state index contributed by atoms with van der Waals surface area (Å²) in [7, 11) is 0. The Morgan fingerprint density at radius 1 is 1.00 bits per heavy atom. The smallest absolute Gasteiger partial charge is 0.359 e. The summed E-state index contributed by atoms with van der Waals surface area (Å²) in [6, 6.07) is 8.61. The largest absolute Gasteiger partial charge is 0.439 e. The van der Waals surface area contributed by atoms with Gasteiger partial charge in [-0.15, -0.1) is 0 Å². The summed E-state index contributed by atoms with van der Waals surface area (Å²) in [6.45, 7) is 8.39. The summed E-state index contributed by atoms with van der Waals surface area (Å²) >= 11 is 0. The van der Waals surface area contributed by atoms with Crippen LogP contribution in [0.5, 0.6) is 0 Å². The first kappa shape index (κ1) is 17.2. The molecule has 0 N–H and O–H groups in total. The topological polar surface area (TPSA) is 69.7 Å². The number of carbonyl (C=O) groups excluding carboxylic acids is 3. The van der Waals surface area contributed by atoms with E-state index < -0.39 is 28.9 Å². The summed E-state index contributed by atoms with van der Waals surface area (Å²) < 4.78 is 10.7. The molecule has 0 unspecified atom stereocenters. The number of hydrogen-bond acceptors (Lipinski definition) is 5. The molecule has 0 spiro atoms. The zero-order valence-electron chi connectivity index (χ0n) is 14.1. The second kappa shape index (κ2) is 5.48. The normalized spacial score (nSPS) is 28.0. The number of Topliss-reactive ketones (excluding diaryl/α,β-unsaturated/α-hetero) is 1. The van der Waals surface area contributed by atoms with Crippen LogP contribution in [0.1, 0.15) is 46.6 Å². The van der Waals surface area contributed by atoms with Gasteiger partial charge in [0, 0.05) is 12.0 Å². The van der Waals surface area contributed by atoms with Crippen LogP contribution in [-0.2, 0) is 29.5 Å². The molecule has 0 radical (unpaired) electrons. The fourth-order valence-corrected chi connectivity index (χ4v) is 2.40. The van der Waals surface area contributed by atoms with Crippen LogP contribution in [0, 0.1) is 5.41 Å². The highest BCUT2D eigenvalue weighted by Crippen LogP contribution is 2.37. The molecule has 0 amide bonds. The van der Waals surface area contributed by atoms with Crippen LogP contribution in [-0.4, -0.2) is 23.3 Å². The molecule has 0 bridgehead atoms. The summed E-state index contributed by atoms with van der Waals surface area (Å²) in [5, 5.41) is 0. The van der Waals surface area contributed by atoms with Gasteiger partial charge in [-0.1, -0.05) is 51.1 Å². The Kier molecular flexibility index (Phi) is 4.09. The van der Waals surface area contributed by atoms with Crippen LogP contribution in [0.25, 0.3) is 0 Å². The van der Waals surface area contributed by atoms with Crippen molar-refractivity contribution in [2.75, 3.05) is 0 Å². The van der Waals surface area contributed by atoms with Crippen LogP contribution < -0.4 is 0 Å². The Labute approximate surface area is 136 Å². The third-order valence-corrected chi connectivity index (χ3v) is 3.92. The van der Waals surface area contributed by atoms with E-state index in [1.54, 1.807) is 30.3 Å². The van der Waals surface area contributed by atoms with Gasteiger partial charge in [0.05, 0.1) is 0 Å². The van der Waals surface area contributed by atoms with E-state index in [9.17, 15) is 14.4 Å². The SMILES string of the molecule is CC(C)(C)CC(=O)[C@@]1(C)OC(=O)[C@](C)(c2ccccc2)OC1=O. The average molecular weight is 318 g/mol. The molecule has 1 aromatic rings. The summed E-state index contributed by atoms with van der Waals surface area (Å²) in [5.41, 5.74) is -3.26. The van der Waals surface area contributed by atoms with Gasteiger partial charge in [0.15, 0.2) is 5.78 Å². The van der Waals surface area contributed by atoms with E-state index in [1.807, 2.05) is 20.8 Å². The lowest BCUT2D eigenvalue weighted by atomic mass is 9.83. The number of hydrogen-bond donors (Lipinski definition) is 0. The Bertz CT molecular complexity index is 643. The fourth-order valence-electron chi connectivity index (χ4n) is 2.40. The van der Waals surface area contributed by atoms with Gasteiger partial charge in [0.2, 0.25) is 5.60 Å². The molecule has 5 heteroatoms.